The molecular weight excluding hydrogens is 282 g/mol. The number of methoxy groups -OCH3 is 1. The molecule has 1 aliphatic rings. The first-order chi connectivity index (χ1) is 10.3. The van der Waals surface area contributed by atoms with Crippen LogP contribution in [-0.4, -0.2) is 37.8 Å². The van der Waals surface area contributed by atoms with E-state index < -0.39 is 0 Å². The first-order valence-corrected chi connectivity index (χ1v) is 9.00. The smallest absolute Gasteiger partial charge is 0.186 e. The summed E-state index contributed by atoms with van der Waals surface area (Å²) in [7, 11) is 1.74. The van der Waals surface area contributed by atoms with Crippen molar-refractivity contribution in [1.29, 1.82) is 0 Å². The van der Waals surface area contributed by atoms with Crippen LogP contribution >= 0.6 is 11.3 Å². The van der Waals surface area contributed by atoms with E-state index in [1.54, 1.807) is 7.11 Å². The van der Waals surface area contributed by atoms with E-state index in [1.807, 2.05) is 11.3 Å². The summed E-state index contributed by atoms with van der Waals surface area (Å²) >= 11 is 1.86. The van der Waals surface area contributed by atoms with Gasteiger partial charge in [-0.3, -0.25) is 0 Å². The fourth-order valence-electron chi connectivity index (χ4n) is 3.02. The lowest BCUT2D eigenvalue weighted by atomic mass is 9.94. The van der Waals surface area contributed by atoms with Crippen molar-refractivity contribution < 1.29 is 4.74 Å². The van der Waals surface area contributed by atoms with Crippen LogP contribution in [0.1, 0.15) is 49.6 Å². The van der Waals surface area contributed by atoms with Gasteiger partial charge in [0.15, 0.2) is 5.13 Å². The minimum absolute atomic E-state index is 0.698. The summed E-state index contributed by atoms with van der Waals surface area (Å²) in [4.78, 5) is 8.71. The van der Waals surface area contributed by atoms with E-state index in [1.165, 1.54) is 47.8 Å². The van der Waals surface area contributed by atoms with Crippen LogP contribution in [0.15, 0.2) is 0 Å². The molecule has 0 saturated heterocycles. The fourth-order valence-corrected chi connectivity index (χ4v) is 4.18. The monoisotopic (exact) mass is 311 g/mol. The second-order valence-electron chi connectivity index (χ2n) is 5.75. The van der Waals surface area contributed by atoms with Crippen molar-refractivity contribution >= 4 is 16.5 Å². The molecule has 0 radical (unpaired) electrons. The van der Waals surface area contributed by atoms with Crippen LogP contribution in [0.3, 0.4) is 0 Å². The van der Waals surface area contributed by atoms with Gasteiger partial charge in [-0.05, 0) is 26.7 Å². The Morgan fingerprint density at radius 1 is 1.33 bits per heavy atom. The number of nitrogens with one attached hydrogen (secondary N) is 1. The molecule has 1 fully saturated rings. The summed E-state index contributed by atoms with van der Waals surface area (Å²) in [5.74, 6) is 0. The molecule has 1 aromatic heterocycles. The van der Waals surface area contributed by atoms with Crippen molar-refractivity contribution in [2.75, 3.05) is 31.7 Å². The molecule has 0 amide bonds. The second-order valence-corrected chi connectivity index (χ2v) is 6.81. The van der Waals surface area contributed by atoms with Gasteiger partial charge in [-0.2, -0.15) is 0 Å². The molecule has 2 rings (SSSR count). The van der Waals surface area contributed by atoms with Gasteiger partial charge in [0.05, 0.1) is 12.3 Å². The maximum absolute atomic E-state index is 5.07. The zero-order chi connectivity index (χ0) is 15.1. The molecule has 1 N–H and O–H groups in total. The van der Waals surface area contributed by atoms with E-state index in [9.17, 15) is 0 Å². The predicted octanol–water partition coefficient (Wildman–Crippen LogP) is 3.35. The lowest BCUT2D eigenvalue weighted by Gasteiger charge is -2.33. The third-order valence-electron chi connectivity index (χ3n) is 4.25. The quantitative estimate of drug-likeness (QED) is 0.747. The highest BCUT2D eigenvalue weighted by molar-refractivity contribution is 7.15. The second kappa shape index (κ2) is 8.71. The molecule has 21 heavy (non-hydrogen) atoms. The van der Waals surface area contributed by atoms with Crippen LogP contribution in [0.4, 0.5) is 5.13 Å². The molecule has 1 saturated carbocycles. The van der Waals surface area contributed by atoms with Crippen molar-refractivity contribution in [2.24, 2.45) is 0 Å². The Morgan fingerprint density at radius 2 is 2.10 bits per heavy atom. The molecule has 1 aromatic rings. The number of ether oxygens (including phenoxy) is 1. The van der Waals surface area contributed by atoms with E-state index >= 15 is 0 Å². The van der Waals surface area contributed by atoms with Crippen LogP contribution in [0.5, 0.6) is 0 Å². The molecule has 5 heteroatoms. The maximum Gasteiger partial charge on any atom is 0.186 e. The van der Waals surface area contributed by atoms with Gasteiger partial charge in [0, 0.05) is 37.7 Å². The molecule has 0 spiro atoms. The third-order valence-corrected chi connectivity index (χ3v) is 5.45. The standard InChI is InChI=1S/C16H29N3OS/c1-4-19(14-8-6-5-7-9-14)16-18-13(2)15(21-16)12-17-10-11-20-3/h14,17H,4-12H2,1-3H3. The molecule has 4 nitrogen and oxygen atoms in total. The molecule has 0 aromatic carbocycles. The predicted molar refractivity (Wildman–Crippen MR) is 90.3 cm³/mol. The van der Waals surface area contributed by atoms with Crippen LogP contribution < -0.4 is 10.2 Å². The minimum atomic E-state index is 0.698. The van der Waals surface area contributed by atoms with Crippen LogP contribution in [0.25, 0.3) is 0 Å². The van der Waals surface area contributed by atoms with Gasteiger partial charge in [-0.25, -0.2) is 4.98 Å². The SMILES string of the molecule is CCN(c1nc(C)c(CNCCOC)s1)C1CCCCC1. The number of aryl methyl sites for hydroxylation is 1. The van der Waals surface area contributed by atoms with Gasteiger partial charge in [0.2, 0.25) is 0 Å². The lowest BCUT2D eigenvalue weighted by Crippen LogP contribution is -2.36. The van der Waals surface area contributed by atoms with Gasteiger partial charge in [0.1, 0.15) is 0 Å². The lowest BCUT2D eigenvalue weighted by molar-refractivity contribution is 0.199. The van der Waals surface area contributed by atoms with Crippen LogP contribution in [-0.2, 0) is 11.3 Å². The average molecular weight is 311 g/mol. The Labute approximate surface area is 132 Å². The summed E-state index contributed by atoms with van der Waals surface area (Å²) in [6, 6.07) is 0.698. The van der Waals surface area contributed by atoms with Gasteiger partial charge in [0.25, 0.3) is 0 Å². The average Bonchev–Trinajstić information content (AvgIpc) is 2.86. The Morgan fingerprint density at radius 3 is 2.76 bits per heavy atom. The molecule has 1 aliphatic carbocycles. The topological polar surface area (TPSA) is 37.4 Å². The normalized spacial score (nSPS) is 16.3. The largest absolute Gasteiger partial charge is 0.383 e. The summed E-state index contributed by atoms with van der Waals surface area (Å²) in [5, 5.41) is 4.63. The first kappa shape index (κ1) is 16.7. The molecule has 120 valence electrons. The molecule has 0 atom stereocenters. The van der Waals surface area contributed by atoms with Crippen molar-refractivity contribution in [3.63, 3.8) is 0 Å². The Hall–Kier alpha value is -0.650. The van der Waals surface area contributed by atoms with E-state index in [-0.39, 0.29) is 0 Å². The summed E-state index contributed by atoms with van der Waals surface area (Å²) in [6.45, 7) is 7.99. The van der Waals surface area contributed by atoms with E-state index in [0.717, 1.165) is 26.2 Å². The van der Waals surface area contributed by atoms with E-state index in [2.05, 4.69) is 24.1 Å². The number of anilines is 1. The number of hydrogen-bond donors (Lipinski definition) is 1. The summed E-state index contributed by atoms with van der Waals surface area (Å²) in [5.41, 5.74) is 1.18. The summed E-state index contributed by atoms with van der Waals surface area (Å²) < 4.78 is 5.07. The van der Waals surface area contributed by atoms with Crippen LogP contribution in [0, 0.1) is 6.92 Å². The highest BCUT2D eigenvalue weighted by Gasteiger charge is 2.23. The summed E-state index contributed by atoms with van der Waals surface area (Å²) in [6.07, 6.45) is 6.80. The number of nitrogens with zero attached hydrogens (tertiary/aromatic N) is 2. The van der Waals surface area contributed by atoms with E-state index in [4.69, 9.17) is 9.72 Å². The highest BCUT2D eigenvalue weighted by Crippen LogP contribution is 2.31. The van der Waals surface area contributed by atoms with Crippen LogP contribution in [0.2, 0.25) is 0 Å². The van der Waals surface area contributed by atoms with Crippen molar-refractivity contribution in [3.8, 4) is 0 Å². The van der Waals surface area contributed by atoms with Gasteiger partial charge in [-0.15, -0.1) is 11.3 Å². The van der Waals surface area contributed by atoms with Crippen molar-refractivity contribution in [1.82, 2.24) is 10.3 Å². The maximum atomic E-state index is 5.07. The van der Waals surface area contributed by atoms with E-state index in [0.29, 0.717) is 6.04 Å². The number of hydrogen-bond acceptors (Lipinski definition) is 5. The first-order valence-electron chi connectivity index (χ1n) is 8.18. The Kier molecular flexibility index (Phi) is 6.93. The van der Waals surface area contributed by atoms with Gasteiger partial charge >= 0.3 is 0 Å². The van der Waals surface area contributed by atoms with Crippen molar-refractivity contribution in [3.05, 3.63) is 10.6 Å². The molecular formula is C16H29N3OS. The minimum Gasteiger partial charge on any atom is -0.383 e. The third kappa shape index (κ3) is 4.66. The molecule has 0 unspecified atom stereocenters. The fraction of sp³-hybridized carbons (Fsp3) is 0.812. The number of aromatic nitrogens is 1. The number of rotatable bonds is 8. The Balaban J connectivity index is 1.97. The Bertz CT molecular complexity index is 416. The van der Waals surface area contributed by atoms with Gasteiger partial charge < -0.3 is 15.0 Å². The zero-order valence-corrected chi connectivity index (χ0v) is 14.5. The number of thiazole rings is 1. The molecule has 1 heterocycles. The molecule has 0 bridgehead atoms. The van der Waals surface area contributed by atoms with Gasteiger partial charge in [-0.1, -0.05) is 19.3 Å². The highest BCUT2D eigenvalue weighted by atomic mass is 32.1. The zero-order valence-electron chi connectivity index (χ0n) is 13.7. The van der Waals surface area contributed by atoms with Crippen molar-refractivity contribution in [2.45, 2.75) is 58.5 Å². The molecule has 0 aliphatic heterocycles.